The van der Waals surface area contributed by atoms with Crippen LogP contribution in [0.1, 0.15) is 24.1 Å². The van der Waals surface area contributed by atoms with Gasteiger partial charge in [-0.1, -0.05) is 27.5 Å². The molecule has 1 aliphatic rings. The third kappa shape index (κ3) is 1.97. The fourth-order valence-electron chi connectivity index (χ4n) is 2.06. The number of halogens is 2. The van der Waals surface area contributed by atoms with Crippen LogP contribution in [0.2, 0.25) is 5.02 Å². The van der Waals surface area contributed by atoms with Gasteiger partial charge < -0.3 is 5.11 Å². The molecular formula is C11H11BrClNO2. The van der Waals surface area contributed by atoms with Crippen LogP contribution in [0.4, 0.5) is 0 Å². The van der Waals surface area contributed by atoms with Crippen LogP contribution >= 0.6 is 27.5 Å². The molecule has 86 valence electrons. The average molecular weight is 305 g/mol. The highest BCUT2D eigenvalue weighted by atomic mass is 79.9. The van der Waals surface area contributed by atoms with Crippen molar-refractivity contribution in [3.63, 3.8) is 0 Å². The number of rotatable bonds is 1. The summed E-state index contributed by atoms with van der Waals surface area (Å²) in [6.45, 7) is 1.96. The van der Waals surface area contributed by atoms with Gasteiger partial charge in [0.2, 0.25) is 0 Å². The highest BCUT2D eigenvalue weighted by molar-refractivity contribution is 9.10. The Balaban J connectivity index is 2.60. The van der Waals surface area contributed by atoms with E-state index in [4.69, 9.17) is 11.6 Å². The summed E-state index contributed by atoms with van der Waals surface area (Å²) in [5.74, 6) is -0.896. The maximum absolute atomic E-state index is 11.2. The number of carboxylic acids is 1. The van der Waals surface area contributed by atoms with Gasteiger partial charge in [0, 0.05) is 21.1 Å². The number of carboxylic acid groups (broad SMARTS) is 1. The molecule has 0 saturated carbocycles. The first-order valence-corrected chi connectivity index (χ1v) is 6.13. The van der Waals surface area contributed by atoms with Crippen molar-refractivity contribution in [3.05, 3.63) is 32.8 Å². The fraction of sp³-hybridized carbons (Fsp3) is 0.364. The monoisotopic (exact) mass is 303 g/mol. The van der Waals surface area contributed by atoms with Crippen molar-refractivity contribution in [1.29, 1.82) is 0 Å². The average Bonchev–Trinajstić information content (AvgIpc) is 2.22. The number of hydrogen-bond donors (Lipinski definition) is 2. The van der Waals surface area contributed by atoms with Crippen LogP contribution in [0.25, 0.3) is 0 Å². The van der Waals surface area contributed by atoms with E-state index < -0.39 is 12.0 Å². The van der Waals surface area contributed by atoms with Crippen LogP contribution in [-0.2, 0) is 11.2 Å². The van der Waals surface area contributed by atoms with Crippen molar-refractivity contribution in [2.75, 3.05) is 0 Å². The lowest BCUT2D eigenvalue weighted by atomic mass is 9.91. The number of fused-ring (bicyclic) bond motifs is 1. The lowest BCUT2D eigenvalue weighted by Gasteiger charge is -2.30. The Morgan fingerprint density at radius 2 is 2.31 bits per heavy atom. The maximum Gasteiger partial charge on any atom is 0.325 e. The summed E-state index contributed by atoms with van der Waals surface area (Å²) in [6, 6.07) is 2.99. The van der Waals surface area contributed by atoms with E-state index in [9.17, 15) is 9.90 Å². The van der Waals surface area contributed by atoms with Gasteiger partial charge in [-0.05, 0) is 31.0 Å². The predicted octanol–water partition coefficient (Wildman–Crippen LogP) is 2.76. The summed E-state index contributed by atoms with van der Waals surface area (Å²) >= 11 is 9.52. The Bertz CT molecular complexity index is 450. The lowest BCUT2D eigenvalue weighted by molar-refractivity contribution is -0.140. The zero-order chi connectivity index (χ0) is 11.9. The zero-order valence-corrected chi connectivity index (χ0v) is 11.0. The van der Waals surface area contributed by atoms with Gasteiger partial charge in [0.1, 0.15) is 6.04 Å². The Morgan fingerprint density at radius 1 is 1.62 bits per heavy atom. The normalized spacial score (nSPS) is 23.9. The van der Waals surface area contributed by atoms with Crippen molar-refractivity contribution in [2.24, 2.45) is 0 Å². The standard InChI is InChI=1S/C11H11BrClNO2/c1-5-4-6-7(12)2-3-8(13)9(6)10(14-5)11(15)16/h2-3,5,10,14H,4H2,1H3,(H,15,16). The molecule has 2 atom stereocenters. The molecule has 1 aromatic carbocycles. The van der Waals surface area contributed by atoms with E-state index in [0.717, 1.165) is 16.5 Å². The van der Waals surface area contributed by atoms with E-state index >= 15 is 0 Å². The minimum absolute atomic E-state index is 0.128. The second-order valence-electron chi connectivity index (χ2n) is 3.96. The molecule has 2 rings (SSSR count). The molecule has 2 N–H and O–H groups in total. The van der Waals surface area contributed by atoms with Crippen molar-refractivity contribution < 1.29 is 9.90 Å². The fourth-order valence-corrected chi connectivity index (χ4v) is 2.85. The van der Waals surface area contributed by atoms with Crippen LogP contribution in [0.3, 0.4) is 0 Å². The molecule has 2 unspecified atom stereocenters. The molecule has 0 amide bonds. The minimum Gasteiger partial charge on any atom is -0.480 e. The third-order valence-electron chi connectivity index (χ3n) is 2.74. The first-order chi connectivity index (χ1) is 7.50. The smallest absolute Gasteiger partial charge is 0.325 e. The number of nitrogens with one attached hydrogen (secondary N) is 1. The van der Waals surface area contributed by atoms with Crippen LogP contribution in [0, 0.1) is 0 Å². The van der Waals surface area contributed by atoms with Crippen LogP contribution < -0.4 is 5.32 Å². The lowest BCUT2D eigenvalue weighted by Crippen LogP contribution is -2.41. The third-order valence-corrected chi connectivity index (χ3v) is 3.82. The summed E-state index contributed by atoms with van der Waals surface area (Å²) in [7, 11) is 0. The number of benzene rings is 1. The van der Waals surface area contributed by atoms with Gasteiger partial charge in [-0.15, -0.1) is 0 Å². The number of aliphatic carboxylic acids is 1. The molecular weight excluding hydrogens is 293 g/mol. The summed E-state index contributed by atoms with van der Waals surface area (Å²) in [5.41, 5.74) is 1.67. The summed E-state index contributed by atoms with van der Waals surface area (Å²) in [4.78, 5) is 11.2. The zero-order valence-electron chi connectivity index (χ0n) is 8.63. The quantitative estimate of drug-likeness (QED) is 0.839. The van der Waals surface area contributed by atoms with Crippen molar-refractivity contribution >= 4 is 33.5 Å². The predicted molar refractivity (Wildman–Crippen MR) is 65.8 cm³/mol. The van der Waals surface area contributed by atoms with E-state index in [-0.39, 0.29) is 6.04 Å². The van der Waals surface area contributed by atoms with Crippen molar-refractivity contribution in [2.45, 2.75) is 25.4 Å². The van der Waals surface area contributed by atoms with E-state index in [2.05, 4.69) is 21.2 Å². The van der Waals surface area contributed by atoms with Crippen LogP contribution in [0.5, 0.6) is 0 Å². The van der Waals surface area contributed by atoms with Gasteiger partial charge in [0.05, 0.1) is 0 Å². The molecule has 1 heterocycles. The number of carbonyl (C=O) groups is 1. The van der Waals surface area contributed by atoms with Gasteiger partial charge in [0.15, 0.2) is 0 Å². The van der Waals surface area contributed by atoms with Crippen LogP contribution in [-0.4, -0.2) is 17.1 Å². The van der Waals surface area contributed by atoms with Crippen LogP contribution in [0.15, 0.2) is 16.6 Å². The first kappa shape index (κ1) is 11.9. The Labute approximate surface area is 107 Å². The minimum atomic E-state index is -0.896. The van der Waals surface area contributed by atoms with Crippen molar-refractivity contribution in [1.82, 2.24) is 5.32 Å². The van der Waals surface area contributed by atoms with E-state index in [1.54, 1.807) is 6.07 Å². The van der Waals surface area contributed by atoms with Gasteiger partial charge in [-0.3, -0.25) is 10.1 Å². The Hall–Kier alpha value is -0.580. The van der Waals surface area contributed by atoms with Gasteiger partial charge in [-0.2, -0.15) is 0 Å². The van der Waals surface area contributed by atoms with E-state index in [1.807, 2.05) is 13.0 Å². The molecule has 0 bridgehead atoms. The largest absolute Gasteiger partial charge is 0.480 e. The van der Waals surface area contributed by atoms with Crippen molar-refractivity contribution in [3.8, 4) is 0 Å². The summed E-state index contributed by atoms with van der Waals surface area (Å²) in [6.07, 6.45) is 0.778. The maximum atomic E-state index is 11.2. The molecule has 0 fully saturated rings. The topological polar surface area (TPSA) is 49.3 Å². The molecule has 16 heavy (non-hydrogen) atoms. The molecule has 5 heteroatoms. The van der Waals surface area contributed by atoms with Gasteiger partial charge in [0.25, 0.3) is 0 Å². The SMILES string of the molecule is CC1Cc2c(Br)ccc(Cl)c2C(C(=O)O)N1. The summed E-state index contributed by atoms with van der Waals surface area (Å²) in [5, 5.41) is 12.7. The second-order valence-corrected chi connectivity index (χ2v) is 5.23. The second kappa shape index (κ2) is 4.35. The first-order valence-electron chi connectivity index (χ1n) is 4.96. The van der Waals surface area contributed by atoms with E-state index in [0.29, 0.717) is 10.6 Å². The van der Waals surface area contributed by atoms with E-state index in [1.165, 1.54) is 0 Å². The Morgan fingerprint density at radius 3 is 2.94 bits per heavy atom. The molecule has 3 nitrogen and oxygen atoms in total. The van der Waals surface area contributed by atoms with Gasteiger partial charge in [-0.25, -0.2) is 0 Å². The highest BCUT2D eigenvalue weighted by Gasteiger charge is 2.32. The molecule has 1 aliphatic heterocycles. The molecule has 0 spiro atoms. The molecule has 1 aromatic rings. The molecule has 0 aromatic heterocycles. The molecule has 0 aliphatic carbocycles. The molecule has 0 radical (unpaired) electrons. The Kier molecular flexibility index (Phi) is 3.24. The molecule has 0 saturated heterocycles. The van der Waals surface area contributed by atoms with Gasteiger partial charge >= 0.3 is 5.97 Å². The highest BCUT2D eigenvalue weighted by Crippen LogP contribution is 2.36. The summed E-state index contributed by atoms with van der Waals surface area (Å²) < 4.78 is 0.923. The number of hydrogen-bond acceptors (Lipinski definition) is 2.